The molecule has 2 saturated heterocycles. The van der Waals surface area contributed by atoms with Gasteiger partial charge >= 0.3 is 5.95 Å². The lowest BCUT2D eigenvalue weighted by atomic mass is 10.4. The lowest BCUT2D eigenvalue weighted by Crippen LogP contribution is -2.39. The van der Waals surface area contributed by atoms with E-state index in [0.29, 0.717) is 38.3 Å². The quantitative estimate of drug-likeness (QED) is 0.709. The van der Waals surface area contributed by atoms with Gasteiger partial charge in [-0.3, -0.25) is 0 Å². The molecule has 0 unspecified atom stereocenters. The highest BCUT2D eigenvalue weighted by Crippen LogP contribution is 2.19. The first-order valence-electron chi connectivity index (χ1n) is 6.66. The molecule has 0 aromatic carbocycles. The molecule has 2 aliphatic heterocycles. The number of morpholine rings is 2. The van der Waals surface area contributed by atoms with E-state index in [-0.39, 0.29) is 5.95 Å². The molecule has 8 nitrogen and oxygen atoms in total. The molecule has 0 spiro atoms. The van der Waals surface area contributed by atoms with Crippen LogP contribution in [0.4, 0.5) is 17.8 Å². The standard InChI is InChI=1S/C12H16N6O2/c1-13-10-14-11(17-2-6-19-7-3-17)16-12(15-10)18-4-8-20-9-5-18/h2-9H2. The zero-order valence-corrected chi connectivity index (χ0v) is 11.2. The van der Waals surface area contributed by atoms with Crippen LogP contribution in [0.2, 0.25) is 0 Å². The molecule has 0 atom stereocenters. The smallest absolute Gasteiger partial charge is 0.378 e. The van der Waals surface area contributed by atoms with Crippen LogP contribution in [0.1, 0.15) is 0 Å². The van der Waals surface area contributed by atoms with Gasteiger partial charge in [0, 0.05) is 26.2 Å². The lowest BCUT2D eigenvalue weighted by molar-refractivity contribution is 0.121. The lowest BCUT2D eigenvalue weighted by Gasteiger charge is -2.28. The fourth-order valence-electron chi connectivity index (χ4n) is 2.20. The van der Waals surface area contributed by atoms with E-state index in [0.717, 1.165) is 26.2 Å². The predicted octanol–water partition coefficient (Wildman–Crippen LogP) is 0.0956. The molecule has 0 N–H and O–H groups in total. The zero-order valence-electron chi connectivity index (χ0n) is 11.2. The van der Waals surface area contributed by atoms with E-state index >= 15 is 0 Å². The second kappa shape index (κ2) is 5.98. The van der Waals surface area contributed by atoms with Crippen molar-refractivity contribution in [3.8, 4) is 0 Å². The summed E-state index contributed by atoms with van der Waals surface area (Å²) >= 11 is 0. The maximum Gasteiger partial charge on any atom is 0.378 e. The second-order valence-electron chi connectivity index (χ2n) is 4.55. The Morgan fingerprint density at radius 1 is 0.800 bits per heavy atom. The molecule has 2 aliphatic rings. The maximum atomic E-state index is 7.15. The molecule has 8 heteroatoms. The molecule has 0 saturated carbocycles. The summed E-state index contributed by atoms with van der Waals surface area (Å²) in [4.78, 5) is 20.3. The Balaban J connectivity index is 1.87. The summed E-state index contributed by atoms with van der Waals surface area (Å²) < 4.78 is 10.6. The summed E-state index contributed by atoms with van der Waals surface area (Å²) in [6.45, 7) is 12.7. The molecule has 0 bridgehead atoms. The second-order valence-corrected chi connectivity index (χ2v) is 4.55. The number of hydrogen-bond donors (Lipinski definition) is 0. The van der Waals surface area contributed by atoms with Gasteiger partial charge in [0.1, 0.15) is 0 Å². The Morgan fingerprint density at radius 3 is 1.65 bits per heavy atom. The van der Waals surface area contributed by atoms with Gasteiger partial charge in [-0.1, -0.05) is 0 Å². The topological polar surface area (TPSA) is 68.0 Å². The predicted molar refractivity (Wildman–Crippen MR) is 72.2 cm³/mol. The van der Waals surface area contributed by atoms with Crippen LogP contribution in [-0.4, -0.2) is 67.6 Å². The Labute approximate surface area is 117 Å². The molecule has 0 aliphatic carbocycles. The number of rotatable bonds is 2. The van der Waals surface area contributed by atoms with E-state index < -0.39 is 0 Å². The van der Waals surface area contributed by atoms with Crippen LogP contribution in [0.25, 0.3) is 4.85 Å². The van der Waals surface area contributed by atoms with Crippen molar-refractivity contribution in [1.82, 2.24) is 15.0 Å². The van der Waals surface area contributed by atoms with Gasteiger partial charge in [-0.25, -0.2) is 0 Å². The molecule has 106 valence electrons. The molecule has 20 heavy (non-hydrogen) atoms. The van der Waals surface area contributed by atoms with Crippen molar-refractivity contribution in [2.24, 2.45) is 0 Å². The summed E-state index contributed by atoms with van der Waals surface area (Å²) in [6, 6.07) is 0. The van der Waals surface area contributed by atoms with Gasteiger partial charge in [-0.05, 0) is 0 Å². The molecule has 1 aromatic heterocycles. The SMILES string of the molecule is [C-]#[N+]c1nc(N2CCOCC2)nc(N2CCOCC2)n1. The number of aromatic nitrogens is 3. The van der Waals surface area contributed by atoms with Gasteiger partial charge in [0.15, 0.2) is 0 Å². The Bertz CT molecular complexity index is 469. The number of ether oxygens (including phenoxy) is 2. The first-order valence-corrected chi connectivity index (χ1v) is 6.66. The average Bonchev–Trinajstić information content (AvgIpc) is 2.56. The molecule has 1 aromatic rings. The summed E-state index contributed by atoms with van der Waals surface area (Å²) in [6.07, 6.45) is 0. The molecule has 3 heterocycles. The highest BCUT2D eigenvalue weighted by atomic mass is 16.5. The highest BCUT2D eigenvalue weighted by molar-refractivity contribution is 5.46. The Kier molecular flexibility index (Phi) is 3.90. The highest BCUT2D eigenvalue weighted by Gasteiger charge is 2.22. The fourth-order valence-corrected chi connectivity index (χ4v) is 2.20. The normalized spacial score (nSPS) is 19.8. The molecule has 2 fully saturated rings. The van der Waals surface area contributed by atoms with Crippen LogP contribution in [0.15, 0.2) is 0 Å². The summed E-state index contributed by atoms with van der Waals surface area (Å²) in [5, 5.41) is 0. The van der Waals surface area contributed by atoms with Gasteiger partial charge in [-0.2, -0.15) is 0 Å². The Hall–Kier alpha value is -1.98. The molecule has 3 rings (SSSR count). The minimum atomic E-state index is 0.142. The van der Waals surface area contributed by atoms with Crippen molar-refractivity contribution in [2.75, 3.05) is 62.4 Å². The minimum Gasteiger partial charge on any atom is -0.394 e. The summed E-state index contributed by atoms with van der Waals surface area (Å²) in [7, 11) is 0. The van der Waals surface area contributed by atoms with E-state index in [1.807, 2.05) is 9.80 Å². The maximum absolute atomic E-state index is 7.15. The Morgan fingerprint density at radius 2 is 1.25 bits per heavy atom. The van der Waals surface area contributed by atoms with Gasteiger partial charge in [0.05, 0.1) is 26.4 Å². The zero-order chi connectivity index (χ0) is 13.8. The number of nitrogens with zero attached hydrogens (tertiary/aromatic N) is 6. The number of anilines is 2. The summed E-state index contributed by atoms with van der Waals surface area (Å²) in [5.74, 6) is 1.27. The van der Waals surface area contributed by atoms with Crippen LogP contribution in [0.5, 0.6) is 0 Å². The van der Waals surface area contributed by atoms with Crippen LogP contribution >= 0.6 is 0 Å². The van der Waals surface area contributed by atoms with Crippen LogP contribution in [0.3, 0.4) is 0 Å². The van der Waals surface area contributed by atoms with Crippen molar-refractivity contribution in [2.45, 2.75) is 0 Å². The first kappa shape index (κ1) is 13.0. The molecular weight excluding hydrogens is 260 g/mol. The monoisotopic (exact) mass is 276 g/mol. The van der Waals surface area contributed by atoms with E-state index in [9.17, 15) is 0 Å². The first-order chi connectivity index (χ1) is 9.86. The molecule has 0 radical (unpaired) electrons. The third-order valence-electron chi connectivity index (χ3n) is 3.29. The van der Waals surface area contributed by atoms with Gasteiger partial charge < -0.3 is 24.1 Å². The van der Waals surface area contributed by atoms with Crippen LogP contribution in [-0.2, 0) is 9.47 Å². The summed E-state index contributed by atoms with van der Waals surface area (Å²) in [5.41, 5.74) is 0. The van der Waals surface area contributed by atoms with E-state index in [4.69, 9.17) is 16.0 Å². The van der Waals surface area contributed by atoms with Crippen molar-refractivity contribution >= 4 is 17.8 Å². The van der Waals surface area contributed by atoms with Gasteiger partial charge in [0.2, 0.25) is 0 Å². The van der Waals surface area contributed by atoms with Crippen molar-refractivity contribution < 1.29 is 9.47 Å². The van der Waals surface area contributed by atoms with Gasteiger partial charge in [-0.15, -0.1) is 21.5 Å². The number of hydrogen-bond acceptors (Lipinski definition) is 7. The molecular formula is C12H16N6O2. The van der Waals surface area contributed by atoms with Crippen molar-refractivity contribution in [3.63, 3.8) is 0 Å². The van der Waals surface area contributed by atoms with E-state index in [1.165, 1.54) is 0 Å². The minimum absolute atomic E-state index is 0.142. The molecule has 0 amide bonds. The largest absolute Gasteiger partial charge is 0.394 e. The third-order valence-corrected chi connectivity index (χ3v) is 3.29. The average molecular weight is 276 g/mol. The van der Waals surface area contributed by atoms with Crippen molar-refractivity contribution in [1.29, 1.82) is 0 Å². The van der Waals surface area contributed by atoms with E-state index in [2.05, 4.69) is 19.8 Å². The van der Waals surface area contributed by atoms with Crippen LogP contribution in [0, 0.1) is 6.57 Å². The van der Waals surface area contributed by atoms with Gasteiger partial charge in [0.25, 0.3) is 11.9 Å². The third kappa shape index (κ3) is 2.79. The fraction of sp³-hybridized carbons (Fsp3) is 0.667. The van der Waals surface area contributed by atoms with Crippen molar-refractivity contribution in [3.05, 3.63) is 11.4 Å². The van der Waals surface area contributed by atoms with Crippen LogP contribution < -0.4 is 9.80 Å². The van der Waals surface area contributed by atoms with E-state index in [1.54, 1.807) is 0 Å².